The number of ether oxygens (including phenoxy) is 3. The summed E-state index contributed by atoms with van der Waals surface area (Å²) in [5, 5.41) is 8.82. The van der Waals surface area contributed by atoms with Crippen LogP contribution in [0.2, 0.25) is 0 Å². The number of hydrogen-bond acceptors (Lipinski definition) is 6. The van der Waals surface area contributed by atoms with Crippen LogP contribution in [0.3, 0.4) is 0 Å². The lowest BCUT2D eigenvalue weighted by molar-refractivity contribution is 0.0998. The highest BCUT2D eigenvalue weighted by Crippen LogP contribution is 2.20. The molecule has 0 atom stereocenters. The predicted octanol–water partition coefficient (Wildman–Crippen LogP) is 1.05. The second kappa shape index (κ2) is 4.49. The summed E-state index contributed by atoms with van der Waals surface area (Å²) in [6.45, 7) is 2.40. The molecule has 1 aromatic heterocycles. The smallest absolute Gasteiger partial charge is 0.235 e. The van der Waals surface area contributed by atoms with Crippen LogP contribution in [0.15, 0.2) is 12.5 Å². The quantitative estimate of drug-likeness (QED) is 0.756. The Morgan fingerprint density at radius 2 is 2.50 bits per heavy atom. The second-order valence-corrected chi connectivity index (χ2v) is 2.87. The number of nitrogens with zero attached hydrogens (tertiary/aromatic N) is 3. The van der Waals surface area contributed by atoms with Crippen molar-refractivity contribution in [2.45, 2.75) is 6.92 Å². The number of aromatic nitrogens is 2. The summed E-state index contributed by atoms with van der Waals surface area (Å²) >= 11 is 0. The molecule has 1 aliphatic rings. The second-order valence-electron chi connectivity index (χ2n) is 2.87. The summed E-state index contributed by atoms with van der Waals surface area (Å²) in [6.07, 6.45) is 2.83. The predicted molar refractivity (Wildman–Crippen MR) is 52.9 cm³/mol. The molecular weight excluding hydrogens is 210 g/mol. The minimum atomic E-state index is 0.155. The van der Waals surface area contributed by atoms with Crippen LogP contribution in [0.5, 0.6) is 5.88 Å². The maximum Gasteiger partial charge on any atom is 0.235 e. The van der Waals surface area contributed by atoms with E-state index in [2.05, 4.69) is 9.97 Å². The van der Waals surface area contributed by atoms with Gasteiger partial charge in [0.1, 0.15) is 17.9 Å². The SMILES string of the molecule is CCOc1nc(C2=COCO2)ncc1C#N. The molecule has 1 aromatic rings. The summed E-state index contributed by atoms with van der Waals surface area (Å²) in [7, 11) is 0. The van der Waals surface area contributed by atoms with Crippen molar-refractivity contribution in [3.63, 3.8) is 0 Å². The van der Waals surface area contributed by atoms with E-state index in [9.17, 15) is 0 Å². The van der Waals surface area contributed by atoms with E-state index in [0.717, 1.165) is 0 Å². The monoisotopic (exact) mass is 219 g/mol. The first-order valence-corrected chi connectivity index (χ1v) is 4.70. The molecule has 0 saturated carbocycles. The van der Waals surface area contributed by atoms with E-state index in [-0.39, 0.29) is 12.7 Å². The van der Waals surface area contributed by atoms with E-state index < -0.39 is 0 Å². The van der Waals surface area contributed by atoms with Crippen molar-refractivity contribution >= 4 is 5.76 Å². The lowest BCUT2D eigenvalue weighted by atomic mass is 10.3. The van der Waals surface area contributed by atoms with Crippen molar-refractivity contribution in [1.82, 2.24) is 9.97 Å². The van der Waals surface area contributed by atoms with Crippen molar-refractivity contribution in [2.24, 2.45) is 0 Å². The van der Waals surface area contributed by atoms with Crippen molar-refractivity contribution in [2.75, 3.05) is 13.4 Å². The maximum absolute atomic E-state index is 8.82. The zero-order valence-electron chi connectivity index (χ0n) is 8.64. The Balaban J connectivity index is 2.35. The fourth-order valence-corrected chi connectivity index (χ4v) is 1.17. The Labute approximate surface area is 92.1 Å². The van der Waals surface area contributed by atoms with Crippen molar-refractivity contribution in [3.8, 4) is 11.9 Å². The first-order chi connectivity index (χ1) is 7.85. The van der Waals surface area contributed by atoms with Crippen LogP contribution in [-0.4, -0.2) is 23.4 Å². The third-order valence-electron chi connectivity index (χ3n) is 1.85. The van der Waals surface area contributed by atoms with E-state index in [1.165, 1.54) is 12.5 Å². The molecule has 0 aliphatic carbocycles. The van der Waals surface area contributed by atoms with Gasteiger partial charge in [0.25, 0.3) is 0 Å². The maximum atomic E-state index is 8.82. The molecular formula is C10H9N3O3. The first kappa shape index (κ1) is 10.2. The van der Waals surface area contributed by atoms with Gasteiger partial charge < -0.3 is 14.2 Å². The molecule has 0 saturated heterocycles. The molecule has 82 valence electrons. The van der Waals surface area contributed by atoms with E-state index >= 15 is 0 Å². The highest BCUT2D eigenvalue weighted by molar-refractivity contribution is 5.54. The van der Waals surface area contributed by atoms with Crippen LogP contribution in [0, 0.1) is 11.3 Å². The summed E-state index contributed by atoms with van der Waals surface area (Å²) in [5.74, 6) is 1.04. The molecule has 0 bridgehead atoms. The van der Waals surface area contributed by atoms with Gasteiger partial charge in [-0.15, -0.1) is 0 Å². The lowest BCUT2D eigenvalue weighted by Crippen LogP contribution is -2.02. The Kier molecular flexibility index (Phi) is 2.87. The van der Waals surface area contributed by atoms with Gasteiger partial charge in [-0.1, -0.05) is 0 Å². The van der Waals surface area contributed by atoms with Crippen molar-refractivity contribution in [3.05, 3.63) is 23.8 Å². The van der Waals surface area contributed by atoms with Gasteiger partial charge in [0, 0.05) is 0 Å². The molecule has 0 aromatic carbocycles. The summed E-state index contributed by atoms with van der Waals surface area (Å²) in [5.41, 5.74) is 0.296. The fourth-order valence-electron chi connectivity index (χ4n) is 1.17. The van der Waals surface area contributed by atoms with Crippen LogP contribution >= 0.6 is 0 Å². The number of hydrogen-bond donors (Lipinski definition) is 0. The first-order valence-electron chi connectivity index (χ1n) is 4.70. The Morgan fingerprint density at radius 1 is 1.62 bits per heavy atom. The number of nitriles is 1. The van der Waals surface area contributed by atoms with E-state index in [1.807, 2.05) is 13.0 Å². The molecule has 0 N–H and O–H groups in total. The number of rotatable bonds is 3. The van der Waals surface area contributed by atoms with Crippen LogP contribution in [0.25, 0.3) is 5.76 Å². The lowest BCUT2D eigenvalue weighted by Gasteiger charge is -2.05. The molecule has 0 radical (unpaired) electrons. The summed E-state index contributed by atoms with van der Waals surface area (Å²) in [6, 6.07) is 1.96. The Bertz CT molecular complexity index is 465. The normalized spacial score (nSPS) is 13.4. The van der Waals surface area contributed by atoms with Crippen LogP contribution in [0.1, 0.15) is 18.3 Å². The molecule has 2 rings (SSSR count). The Morgan fingerprint density at radius 3 is 3.12 bits per heavy atom. The average molecular weight is 219 g/mol. The van der Waals surface area contributed by atoms with Crippen molar-refractivity contribution < 1.29 is 14.2 Å². The molecule has 6 nitrogen and oxygen atoms in total. The third-order valence-corrected chi connectivity index (χ3v) is 1.85. The third kappa shape index (κ3) is 1.88. The van der Waals surface area contributed by atoms with Gasteiger partial charge in [-0.05, 0) is 6.92 Å². The largest absolute Gasteiger partial charge is 0.477 e. The zero-order valence-corrected chi connectivity index (χ0v) is 8.64. The molecule has 6 heteroatoms. The minimum absolute atomic E-state index is 0.155. The van der Waals surface area contributed by atoms with Gasteiger partial charge in [0.2, 0.25) is 24.3 Å². The molecule has 0 fully saturated rings. The van der Waals surface area contributed by atoms with Gasteiger partial charge in [-0.2, -0.15) is 10.2 Å². The van der Waals surface area contributed by atoms with Gasteiger partial charge >= 0.3 is 0 Å². The fraction of sp³-hybridized carbons (Fsp3) is 0.300. The van der Waals surface area contributed by atoms with E-state index in [4.69, 9.17) is 19.5 Å². The topological polar surface area (TPSA) is 77.3 Å². The highest BCUT2D eigenvalue weighted by atomic mass is 16.7. The summed E-state index contributed by atoms with van der Waals surface area (Å²) < 4.78 is 15.2. The average Bonchev–Trinajstić information content (AvgIpc) is 2.83. The van der Waals surface area contributed by atoms with E-state index in [1.54, 1.807) is 0 Å². The van der Waals surface area contributed by atoms with Gasteiger partial charge in [-0.3, -0.25) is 0 Å². The van der Waals surface area contributed by atoms with Gasteiger partial charge in [0.05, 0.1) is 12.8 Å². The zero-order chi connectivity index (χ0) is 11.4. The van der Waals surface area contributed by atoms with Crippen LogP contribution in [0.4, 0.5) is 0 Å². The molecule has 1 aliphatic heterocycles. The molecule has 2 heterocycles. The minimum Gasteiger partial charge on any atom is -0.477 e. The standard InChI is InChI=1S/C10H9N3O3/c1-2-15-10-7(3-11)4-12-9(13-10)8-5-14-6-16-8/h4-5H,2,6H2,1H3. The Hall–Kier alpha value is -2.29. The molecule has 0 amide bonds. The van der Waals surface area contributed by atoms with Crippen LogP contribution < -0.4 is 4.74 Å². The summed E-state index contributed by atoms with van der Waals surface area (Å²) in [4.78, 5) is 8.07. The van der Waals surface area contributed by atoms with E-state index in [0.29, 0.717) is 23.8 Å². The molecule has 0 unspecified atom stereocenters. The molecule has 0 spiro atoms. The molecule has 16 heavy (non-hydrogen) atoms. The van der Waals surface area contributed by atoms with Crippen LogP contribution in [-0.2, 0) is 9.47 Å². The van der Waals surface area contributed by atoms with Crippen molar-refractivity contribution in [1.29, 1.82) is 5.26 Å². The van der Waals surface area contributed by atoms with Gasteiger partial charge in [-0.25, -0.2) is 4.98 Å². The highest BCUT2D eigenvalue weighted by Gasteiger charge is 2.15. The van der Waals surface area contributed by atoms with Gasteiger partial charge in [0.15, 0.2) is 0 Å².